The second kappa shape index (κ2) is 3.57. The molecular weight excluding hydrogens is 136 g/mol. The summed E-state index contributed by atoms with van der Waals surface area (Å²) in [6.45, 7) is 4.07. The second-order valence-corrected chi connectivity index (χ2v) is 4.05. The maximum atomic E-state index is 9.95. The second-order valence-electron chi connectivity index (χ2n) is 4.05. The summed E-state index contributed by atoms with van der Waals surface area (Å²) in [5.41, 5.74) is -0.388. The summed E-state index contributed by atoms with van der Waals surface area (Å²) in [6.07, 6.45) is 7.39. The summed E-state index contributed by atoms with van der Waals surface area (Å²) in [4.78, 5) is 0. The molecule has 11 heavy (non-hydrogen) atoms. The Kier molecular flexibility index (Phi) is 2.94. The molecule has 0 heterocycles. The average molecular weight is 156 g/mol. The molecule has 1 aliphatic rings. The Balaban J connectivity index is 2.43. The molecule has 1 fully saturated rings. The molecule has 0 aliphatic heterocycles. The van der Waals surface area contributed by atoms with Crippen molar-refractivity contribution in [3.05, 3.63) is 0 Å². The van der Waals surface area contributed by atoms with Crippen LogP contribution in [0, 0.1) is 5.92 Å². The SMILES string of the molecule is CC[C@@](C)(O)C1CCCCC1. The topological polar surface area (TPSA) is 20.2 Å². The Bertz CT molecular complexity index is 112. The van der Waals surface area contributed by atoms with Crippen LogP contribution in [0.5, 0.6) is 0 Å². The van der Waals surface area contributed by atoms with Crippen molar-refractivity contribution in [2.24, 2.45) is 5.92 Å². The maximum absolute atomic E-state index is 9.95. The van der Waals surface area contributed by atoms with Crippen molar-refractivity contribution < 1.29 is 5.11 Å². The first kappa shape index (κ1) is 9.05. The normalized spacial score (nSPS) is 26.5. The van der Waals surface area contributed by atoms with Crippen molar-refractivity contribution in [2.75, 3.05) is 0 Å². The fraction of sp³-hybridized carbons (Fsp3) is 1.00. The molecule has 0 spiro atoms. The third kappa shape index (κ3) is 2.19. The van der Waals surface area contributed by atoms with Crippen LogP contribution in [0.3, 0.4) is 0 Å². The van der Waals surface area contributed by atoms with Crippen molar-refractivity contribution in [3.8, 4) is 0 Å². The lowest BCUT2D eigenvalue weighted by atomic mass is 9.77. The zero-order valence-corrected chi connectivity index (χ0v) is 7.77. The van der Waals surface area contributed by atoms with Crippen molar-refractivity contribution in [3.63, 3.8) is 0 Å². The van der Waals surface area contributed by atoms with E-state index in [1.54, 1.807) is 0 Å². The summed E-state index contributed by atoms with van der Waals surface area (Å²) < 4.78 is 0. The zero-order valence-electron chi connectivity index (χ0n) is 7.77. The molecule has 0 bridgehead atoms. The molecule has 1 aliphatic carbocycles. The largest absolute Gasteiger partial charge is 0.390 e. The smallest absolute Gasteiger partial charge is 0.0645 e. The molecule has 1 nitrogen and oxygen atoms in total. The molecule has 1 N–H and O–H groups in total. The monoisotopic (exact) mass is 156 g/mol. The average Bonchev–Trinajstić information content (AvgIpc) is 2.06. The molecule has 0 saturated heterocycles. The van der Waals surface area contributed by atoms with Crippen LogP contribution < -0.4 is 0 Å². The highest BCUT2D eigenvalue weighted by molar-refractivity contribution is 4.82. The van der Waals surface area contributed by atoms with Gasteiger partial charge < -0.3 is 5.11 Å². The number of rotatable bonds is 2. The standard InChI is InChI=1S/C10H20O/c1-3-10(2,11)9-7-5-4-6-8-9/h9,11H,3-8H2,1-2H3/t10-/m1/s1. The lowest BCUT2D eigenvalue weighted by Crippen LogP contribution is -2.34. The van der Waals surface area contributed by atoms with E-state index in [-0.39, 0.29) is 5.60 Å². The van der Waals surface area contributed by atoms with Gasteiger partial charge in [0.1, 0.15) is 0 Å². The Morgan fingerprint density at radius 1 is 1.27 bits per heavy atom. The minimum Gasteiger partial charge on any atom is -0.390 e. The van der Waals surface area contributed by atoms with E-state index in [1.807, 2.05) is 6.92 Å². The van der Waals surface area contributed by atoms with Gasteiger partial charge in [-0.2, -0.15) is 0 Å². The van der Waals surface area contributed by atoms with Crippen LogP contribution >= 0.6 is 0 Å². The third-order valence-electron chi connectivity index (χ3n) is 3.20. The minimum absolute atomic E-state index is 0.388. The van der Waals surface area contributed by atoms with Crippen LogP contribution in [0.4, 0.5) is 0 Å². The van der Waals surface area contributed by atoms with Gasteiger partial charge in [-0.25, -0.2) is 0 Å². The van der Waals surface area contributed by atoms with Gasteiger partial charge in [0, 0.05) is 0 Å². The van der Waals surface area contributed by atoms with E-state index < -0.39 is 0 Å². The quantitative estimate of drug-likeness (QED) is 0.651. The highest BCUT2D eigenvalue weighted by Crippen LogP contribution is 2.34. The molecule has 0 aromatic heterocycles. The van der Waals surface area contributed by atoms with Gasteiger partial charge in [-0.3, -0.25) is 0 Å². The molecule has 1 rings (SSSR count). The molecule has 0 aromatic rings. The maximum Gasteiger partial charge on any atom is 0.0645 e. The van der Waals surface area contributed by atoms with E-state index in [0.717, 1.165) is 6.42 Å². The van der Waals surface area contributed by atoms with Gasteiger partial charge in [-0.15, -0.1) is 0 Å². The van der Waals surface area contributed by atoms with Gasteiger partial charge in [0.25, 0.3) is 0 Å². The predicted octanol–water partition coefficient (Wildman–Crippen LogP) is 2.73. The highest BCUT2D eigenvalue weighted by atomic mass is 16.3. The van der Waals surface area contributed by atoms with E-state index in [9.17, 15) is 5.11 Å². The number of hydrogen-bond donors (Lipinski definition) is 1. The van der Waals surface area contributed by atoms with Crippen LogP contribution in [0.2, 0.25) is 0 Å². The summed E-state index contributed by atoms with van der Waals surface area (Å²) >= 11 is 0. The van der Waals surface area contributed by atoms with Gasteiger partial charge in [-0.05, 0) is 32.1 Å². The first-order valence-corrected chi connectivity index (χ1v) is 4.89. The van der Waals surface area contributed by atoms with Crippen LogP contribution in [-0.4, -0.2) is 10.7 Å². The molecule has 0 radical (unpaired) electrons. The van der Waals surface area contributed by atoms with E-state index >= 15 is 0 Å². The van der Waals surface area contributed by atoms with Crippen LogP contribution in [0.25, 0.3) is 0 Å². The first-order valence-electron chi connectivity index (χ1n) is 4.89. The Morgan fingerprint density at radius 3 is 2.27 bits per heavy atom. The van der Waals surface area contributed by atoms with Gasteiger partial charge in [0.2, 0.25) is 0 Å². The van der Waals surface area contributed by atoms with Crippen molar-refractivity contribution in [2.45, 2.75) is 58.0 Å². The molecular formula is C10H20O. The number of aliphatic hydroxyl groups is 1. The van der Waals surface area contributed by atoms with Gasteiger partial charge >= 0.3 is 0 Å². The lowest BCUT2D eigenvalue weighted by Gasteiger charge is -2.34. The third-order valence-corrected chi connectivity index (χ3v) is 3.20. The summed E-state index contributed by atoms with van der Waals surface area (Å²) in [5.74, 6) is 0.571. The molecule has 0 aromatic carbocycles. The molecule has 0 unspecified atom stereocenters. The highest BCUT2D eigenvalue weighted by Gasteiger charge is 2.30. The fourth-order valence-electron chi connectivity index (χ4n) is 2.01. The van der Waals surface area contributed by atoms with Crippen molar-refractivity contribution in [1.82, 2.24) is 0 Å². The van der Waals surface area contributed by atoms with Gasteiger partial charge in [0.05, 0.1) is 5.60 Å². The first-order chi connectivity index (χ1) is 5.17. The van der Waals surface area contributed by atoms with Crippen molar-refractivity contribution >= 4 is 0 Å². The molecule has 1 heteroatoms. The summed E-state index contributed by atoms with van der Waals surface area (Å²) in [6, 6.07) is 0. The van der Waals surface area contributed by atoms with Crippen LogP contribution in [-0.2, 0) is 0 Å². The molecule has 1 saturated carbocycles. The van der Waals surface area contributed by atoms with E-state index in [2.05, 4.69) is 6.92 Å². The van der Waals surface area contributed by atoms with Crippen molar-refractivity contribution in [1.29, 1.82) is 0 Å². The van der Waals surface area contributed by atoms with Crippen LogP contribution in [0.15, 0.2) is 0 Å². The molecule has 1 atom stereocenters. The lowest BCUT2D eigenvalue weighted by molar-refractivity contribution is -0.0194. The Hall–Kier alpha value is -0.0400. The molecule has 0 amide bonds. The Labute approximate surface area is 69.8 Å². The van der Waals surface area contributed by atoms with Gasteiger partial charge in [0.15, 0.2) is 0 Å². The fourth-order valence-corrected chi connectivity index (χ4v) is 2.01. The molecule has 66 valence electrons. The van der Waals surface area contributed by atoms with Gasteiger partial charge in [-0.1, -0.05) is 26.2 Å². The summed E-state index contributed by atoms with van der Waals surface area (Å²) in [7, 11) is 0. The summed E-state index contributed by atoms with van der Waals surface area (Å²) in [5, 5.41) is 9.95. The Morgan fingerprint density at radius 2 is 1.82 bits per heavy atom. The predicted molar refractivity (Wildman–Crippen MR) is 47.5 cm³/mol. The van der Waals surface area contributed by atoms with Crippen LogP contribution in [0.1, 0.15) is 52.4 Å². The van der Waals surface area contributed by atoms with E-state index in [4.69, 9.17) is 0 Å². The minimum atomic E-state index is -0.388. The zero-order chi connectivity index (χ0) is 8.32. The van der Waals surface area contributed by atoms with E-state index in [1.165, 1.54) is 32.1 Å². The number of hydrogen-bond acceptors (Lipinski definition) is 1. The van der Waals surface area contributed by atoms with E-state index in [0.29, 0.717) is 5.92 Å².